The van der Waals surface area contributed by atoms with Gasteiger partial charge in [0.25, 0.3) is 0 Å². The Morgan fingerprint density at radius 3 is 2.57 bits per heavy atom. The molecule has 0 bridgehead atoms. The van der Waals surface area contributed by atoms with Gasteiger partial charge in [-0.05, 0) is 11.6 Å². The van der Waals surface area contributed by atoms with E-state index in [4.69, 9.17) is 5.11 Å². The van der Waals surface area contributed by atoms with E-state index >= 15 is 0 Å². The fourth-order valence-corrected chi connectivity index (χ4v) is 2.17. The second-order valence-electron chi connectivity index (χ2n) is 4.57. The molecule has 0 unspecified atom stereocenters. The lowest BCUT2D eigenvalue weighted by Crippen LogP contribution is -2.08. The first kappa shape index (κ1) is 15.1. The minimum absolute atomic E-state index is 0.0125. The van der Waals surface area contributed by atoms with Crippen molar-refractivity contribution in [2.24, 2.45) is 7.05 Å². The monoisotopic (exact) mass is 298 g/mol. The molecular weight excluding hydrogens is 285 g/mol. The maximum atomic E-state index is 13.1. The number of hydrogen-bond acceptors (Lipinski definition) is 2. The fourth-order valence-electron chi connectivity index (χ4n) is 2.17. The molecule has 0 aliphatic carbocycles. The Hall–Kier alpha value is -2.31. The summed E-state index contributed by atoms with van der Waals surface area (Å²) in [5, 5.41) is 12.7. The molecule has 1 aromatic carbocycles. The van der Waals surface area contributed by atoms with Crippen molar-refractivity contribution in [3.63, 3.8) is 0 Å². The predicted octanol–water partition coefficient (Wildman–Crippen LogP) is 3.12. The number of carboxylic acids is 1. The van der Waals surface area contributed by atoms with E-state index in [1.807, 2.05) is 0 Å². The van der Waals surface area contributed by atoms with Gasteiger partial charge in [0.1, 0.15) is 0 Å². The second-order valence-corrected chi connectivity index (χ2v) is 4.57. The summed E-state index contributed by atoms with van der Waals surface area (Å²) in [6.07, 6.45) is -3.19. The third-order valence-electron chi connectivity index (χ3n) is 3.16. The van der Waals surface area contributed by atoms with Gasteiger partial charge in [0.2, 0.25) is 0 Å². The average Bonchev–Trinajstić information content (AvgIpc) is 2.76. The maximum Gasteiger partial charge on any atom is 0.417 e. The zero-order valence-electron chi connectivity index (χ0n) is 11.2. The first-order valence-electron chi connectivity index (χ1n) is 6.20. The Morgan fingerprint density at radius 1 is 1.29 bits per heavy atom. The van der Waals surface area contributed by atoms with Crippen molar-refractivity contribution in [2.45, 2.75) is 19.0 Å². The predicted molar refractivity (Wildman–Crippen MR) is 69.6 cm³/mol. The number of carbonyl (C=O) groups is 1. The van der Waals surface area contributed by atoms with Gasteiger partial charge in [0.05, 0.1) is 18.2 Å². The summed E-state index contributed by atoms with van der Waals surface area (Å²) in [7, 11) is 1.58. The third-order valence-corrected chi connectivity index (χ3v) is 3.16. The first-order valence-corrected chi connectivity index (χ1v) is 6.20. The van der Waals surface area contributed by atoms with Crippen LogP contribution in [-0.4, -0.2) is 20.9 Å². The Kier molecular flexibility index (Phi) is 4.02. The number of halogens is 3. The highest BCUT2D eigenvalue weighted by Crippen LogP contribution is 2.38. The largest absolute Gasteiger partial charge is 0.481 e. The lowest BCUT2D eigenvalue weighted by Gasteiger charge is -2.13. The smallest absolute Gasteiger partial charge is 0.417 e. The summed E-state index contributed by atoms with van der Waals surface area (Å²) in [6, 6.07) is 5.20. The van der Waals surface area contributed by atoms with E-state index in [2.05, 4.69) is 5.10 Å². The van der Waals surface area contributed by atoms with E-state index in [0.717, 1.165) is 6.07 Å². The molecule has 112 valence electrons. The summed E-state index contributed by atoms with van der Waals surface area (Å²) >= 11 is 0. The van der Waals surface area contributed by atoms with Crippen LogP contribution in [0, 0.1) is 0 Å². The highest BCUT2D eigenvalue weighted by atomic mass is 19.4. The number of rotatable bonds is 4. The van der Waals surface area contributed by atoms with Crippen LogP contribution in [0.5, 0.6) is 0 Å². The molecule has 0 aliphatic heterocycles. The molecule has 0 amide bonds. The van der Waals surface area contributed by atoms with Crippen LogP contribution in [0.3, 0.4) is 0 Å². The van der Waals surface area contributed by atoms with Crippen LogP contribution in [0.4, 0.5) is 13.2 Å². The first-order chi connectivity index (χ1) is 9.80. The summed E-state index contributed by atoms with van der Waals surface area (Å²) < 4.78 is 40.6. The Balaban J connectivity index is 2.51. The molecule has 1 heterocycles. The van der Waals surface area contributed by atoms with Crippen molar-refractivity contribution in [1.82, 2.24) is 9.78 Å². The molecule has 2 aromatic rings. The molecule has 0 atom stereocenters. The van der Waals surface area contributed by atoms with Crippen LogP contribution >= 0.6 is 0 Å². The molecule has 21 heavy (non-hydrogen) atoms. The number of nitrogens with zero attached hydrogens (tertiary/aromatic N) is 2. The third kappa shape index (κ3) is 3.24. The number of hydrogen-bond donors (Lipinski definition) is 1. The van der Waals surface area contributed by atoms with Gasteiger partial charge >= 0.3 is 12.1 Å². The Labute approximate surface area is 118 Å². The quantitative estimate of drug-likeness (QED) is 0.943. The maximum absolute atomic E-state index is 13.1. The number of benzene rings is 1. The summed E-state index contributed by atoms with van der Waals surface area (Å²) in [5.41, 5.74) is 0.0360. The van der Waals surface area contributed by atoms with Gasteiger partial charge in [-0.1, -0.05) is 18.2 Å². The standard InChI is InChI=1S/C14H13F3N2O2/c1-19-12(6-7-13(20)21)10(8-18-19)9-4-2-3-5-11(9)14(15,16)17/h2-5,8H,6-7H2,1H3,(H,20,21). The molecular formula is C14H13F3N2O2. The van der Waals surface area contributed by atoms with Gasteiger partial charge < -0.3 is 5.11 Å². The zero-order chi connectivity index (χ0) is 15.6. The van der Waals surface area contributed by atoms with Crippen molar-refractivity contribution in [3.05, 3.63) is 41.7 Å². The second kappa shape index (κ2) is 5.59. The lowest BCUT2D eigenvalue weighted by atomic mass is 9.98. The number of aryl methyl sites for hydroxylation is 1. The van der Waals surface area contributed by atoms with Crippen LogP contribution in [0.1, 0.15) is 17.7 Å². The SMILES string of the molecule is Cn1ncc(-c2ccccc2C(F)(F)F)c1CCC(=O)O. The summed E-state index contributed by atoms with van der Waals surface area (Å²) in [5.74, 6) is -1.01. The molecule has 0 radical (unpaired) electrons. The van der Waals surface area contributed by atoms with Crippen molar-refractivity contribution >= 4 is 5.97 Å². The molecule has 1 aromatic heterocycles. The van der Waals surface area contributed by atoms with E-state index < -0.39 is 17.7 Å². The van der Waals surface area contributed by atoms with Crippen molar-refractivity contribution in [3.8, 4) is 11.1 Å². The molecule has 0 saturated heterocycles. The number of aliphatic carboxylic acids is 1. The lowest BCUT2D eigenvalue weighted by molar-refractivity contribution is -0.138. The Morgan fingerprint density at radius 2 is 1.95 bits per heavy atom. The molecule has 0 fully saturated rings. The summed E-state index contributed by atoms with van der Waals surface area (Å²) in [4.78, 5) is 10.7. The van der Waals surface area contributed by atoms with Crippen molar-refractivity contribution < 1.29 is 23.1 Å². The number of aromatic nitrogens is 2. The topological polar surface area (TPSA) is 55.1 Å². The van der Waals surface area contributed by atoms with E-state index in [-0.39, 0.29) is 18.4 Å². The van der Waals surface area contributed by atoms with Crippen LogP contribution in [0.2, 0.25) is 0 Å². The van der Waals surface area contributed by atoms with E-state index in [1.54, 1.807) is 7.05 Å². The van der Waals surface area contributed by atoms with Gasteiger partial charge in [-0.3, -0.25) is 9.48 Å². The molecule has 0 saturated carbocycles. The molecule has 4 nitrogen and oxygen atoms in total. The highest BCUT2D eigenvalue weighted by Gasteiger charge is 2.34. The number of carboxylic acid groups (broad SMARTS) is 1. The fraction of sp³-hybridized carbons (Fsp3) is 0.286. The van der Waals surface area contributed by atoms with Crippen molar-refractivity contribution in [2.75, 3.05) is 0 Å². The van der Waals surface area contributed by atoms with E-state index in [0.29, 0.717) is 11.3 Å². The molecule has 2 rings (SSSR count). The molecule has 0 aliphatic rings. The summed E-state index contributed by atoms with van der Waals surface area (Å²) in [6.45, 7) is 0. The molecule has 7 heteroatoms. The van der Waals surface area contributed by atoms with Gasteiger partial charge in [-0.15, -0.1) is 0 Å². The molecule has 0 spiro atoms. The van der Waals surface area contributed by atoms with Gasteiger partial charge in [-0.25, -0.2) is 0 Å². The average molecular weight is 298 g/mol. The zero-order valence-corrected chi connectivity index (χ0v) is 11.2. The van der Waals surface area contributed by atoms with Crippen LogP contribution in [0.25, 0.3) is 11.1 Å². The number of alkyl halides is 3. The van der Waals surface area contributed by atoms with Crippen LogP contribution in [-0.2, 0) is 24.4 Å². The van der Waals surface area contributed by atoms with Gasteiger partial charge in [0, 0.05) is 24.7 Å². The van der Waals surface area contributed by atoms with Crippen LogP contribution in [0.15, 0.2) is 30.5 Å². The normalized spacial score (nSPS) is 11.6. The minimum Gasteiger partial charge on any atom is -0.481 e. The van der Waals surface area contributed by atoms with Gasteiger partial charge in [0.15, 0.2) is 0 Å². The minimum atomic E-state index is -4.48. The van der Waals surface area contributed by atoms with E-state index in [9.17, 15) is 18.0 Å². The Bertz CT molecular complexity index is 662. The van der Waals surface area contributed by atoms with Gasteiger partial charge in [-0.2, -0.15) is 18.3 Å². The van der Waals surface area contributed by atoms with E-state index in [1.165, 1.54) is 29.1 Å². The van der Waals surface area contributed by atoms with Crippen molar-refractivity contribution in [1.29, 1.82) is 0 Å². The molecule has 1 N–H and O–H groups in total. The highest BCUT2D eigenvalue weighted by molar-refractivity contribution is 5.71. The van der Waals surface area contributed by atoms with Crippen LogP contribution < -0.4 is 0 Å².